The van der Waals surface area contributed by atoms with Crippen molar-refractivity contribution in [3.05, 3.63) is 0 Å². The Morgan fingerprint density at radius 3 is 0.750 bits per heavy atom. The van der Waals surface area contributed by atoms with Gasteiger partial charge in [0.05, 0.1) is 0 Å². The maximum absolute atomic E-state index is 5.90. The Bertz CT molecular complexity index is 683. The zero-order valence-electron chi connectivity index (χ0n) is 34.1. The van der Waals surface area contributed by atoms with Gasteiger partial charge in [-0.3, -0.25) is 0 Å². The Labute approximate surface area is 354 Å². The van der Waals surface area contributed by atoms with Gasteiger partial charge in [0.15, 0.2) is 0 Å². The van der Waals surface area contributed by atoms with Crippen LogP contribution in [0.1, 0.15) is 67.2 Å². The van der Waals surface area contributed by atoms with Gasteiger partial charge >= 0.3 is 34.7 Å². The van der Waals surface area contributed by atoms with Gasteiger partial charge in [-0.05, 0) is 132 Å². The zero-order chi connectivity index (χ0) is 39.5. The van der Waals surface area contributed by atoms with Crippen molar-refractivity contribution < 1.29 is 44.3 Å². The SMILES string of the molecule is CCO[Si](CCCSSSSCCC[Si](OCC)(OCC)OCC)(OCC)OCC.CO[Si](C)(CCCSSSSCCC[Si](C)(OC)OC)OC. The largest absolute Gasteiger partial charge is 0.500 e. The molecule has 0 fully saturated rings. The maximum atomic E-state index is 5.90. The van der Waals surface area contributed by atoms with Gasteiger partial charge in [0, 0.05) is 103 Å². The third-order valence-electron chi connectivity index (χ3n) is 7.30. The Hall–Kier alpha value is 3.27. The maximum Gasteiger partial charge on any atom is 0.500 e. The molecule has 0 aromatic heterocycles. The summed E-state index contributed by atoms with van der Waals surface area (Å²) in [6.07, 6.45) is 4.39. The molecular weight excluding hydrogens is 889 g/mol. The van der Waals surface area contributed by atoms with E-state index in [4.69, 9.17) is 44.3 Å². The molecule has 0 saturated carbocycles. The van der Waals surface area contributed by atoms with E-state index < -0.39 is 34.7 Å². The molecule has 0 bridgehead atoms. The summed E-state index contributed by atoms with van der Waals surface area (Å²) in [5.74, 6) is 4.42. The summed E-state index contributed by atoms with van der Waals surface area (Å²) in [6.45, 7) is 20.1. The Kier molecular flexibility index (Phi) is 42.4. The van der Waals surface area contributed by atoms with Crippen LogP contribution in [0.2, 0.25) is 37.3 Å². The van der Waals surface area contributed by atoms with Crippen LogP contribution in [0.4, 0.5) is 0 Å². The minimum absolute atomic E-state index is 0.640. The molecule has 0 aliphatic rings. The number of hydrogen-bond donors (Lipinski definition) is 0. The lowest BCUT2D eigenvalue weighted by atomic mass is 10.6. The Morgan fingerprint density at radius 1 is 0.346 bits per heavy atom. The minimum Gasteiger partial charge on any atom is -0.398 e. The molecule has 316 valence electrons. The summed E-state index contributed by atoms with van der Waals surface area (Å²) >= 11 is 0. The predicted molar refractivity (Wildman–Crippen MR) is 250 cm³/mol. The summed E-state index contributed by atoms with van der Waals surface area (Å²) in [7, 11) is 13.3. The molecule has 0 rings (SSSR count). The molecule has 0 heterocycles. The van der Waals surface area contributed by atoms with Crippen LogP contribution in [0, 0.1) is 0 Å². The molecule has 0 N–H and O–H groups in total. The molecule has 0 aromatic rings. The fourth-order valence-corrected chi connectivity index (χ4v) is 25.7. The average Bonchev–Trinajstić information content (AvgIpc) is 3.14. The van der Waals surface area contributed by atoms with Crippen LogP contribution >= 0.6 is 82.5 Å². The highest BCUT2D eigenvalue weighted by Gasteiger charge is 2.40. The van der Waals surface area contributed by atoms with Crippen LogP contribution in [0.15, 0.2) is 0 Å². The van der Waals surface area contributed by atoms with Crippen LogP contribution in [-0.2, 0) is 44.3 Å². The molecule has 52 heavy (non-hydrogen) atoms. The van der Waals surface area contributed by atoms with Crippen LogP contribution in [-0.4, -0.2) is 126 Å². The summed E-state index contributed by atoms with van der Waals surface area (Å²) in [6, 6.07) is 3.88. The van der Waals surface area contributed by atoms with Crippen molar-refractivity contribution in [2.75, 3.05) is 91.1 Å². The first-order valence-corrected chi connectivity index (χ1v) is 37.4. The van der Waals surface area contributed by atoms with Gasteiger partial charge in [-0.15, -0.1) is 0 Å². The van der Waals surface area contributed by atoms with Gasteiger partial charge in [0.1, 0.15) is 0 Å². The van der Waals surface area contributed by atoms with Gasteiger partial charge < -0.3 is 44.3 Å². The van der Waals surface area contributed by atoms with E-state index in [0.29, 0.717) is 39.6 Å². The summed E-state index contributed by atoms with van der Waals surface area (Å²) in [5, 5.41) is 0. The minimum atomic E-state index is -2.49. The smallest absolute Gasteiger partial charge is 0.398 e. The summed E-state index contributed by atoms with van der Waals surface area (Å²) < 4.78 is 57.3. The monoisotopic (exact) mass is 960 g/mol. The molecule has 22 heteroatoms. The van der Waals surface area contributed by atoms with Crippen molar-refractivity contribution in [2.24, 2.45) is 0 Å². The number of hydrogen-bond acceptors (Lipinski definition) is 18. The van der Waals surface area contributed by atoms with Crippen LogP contribution in [0.3, 0.4) is 0 Å². The van der Waals surface area contributed by atoms with E-state index in [2.05, 4.69) is 13.1 Å². The highest BCUT2D eigenvalue weighted by atomic mass is 33.7. The first-order chi connectivity index (χ1) is 25.0. The van der Waals surface area contributed by atoms with Crippen LogP contribution in [0.5, 0.6) is 0 Å². The lowest BCUT2D eigenvalue weighted by molar-refractivity contribution is 0.0704. The molecule has 10 nitrogen and oxygen atoms in total. The fraction of sp³-hybridized carbons (Fsp3) is 1.00. The van der Waals surface area contributed by atoms with Gasteiger partial charge in [-0.25, -0.2) is 0 Å². The highest BCUT2D eigenvalue weighted by molar-refractivity contribution is 9.26. The zero-order valence-corrected chi connectivity index (χ0v) is 44.6. The summed E-state index contributed by atoms with van der Waals surface area (Å²) in [5.41, 5.74) is 0. The average molecular weight is 962 g/mol. The molecule has 0 aliphatic carbocycles. The molecular formula is C30H72O10S8Si4. The molecule has 0 amide bonds. The second-order valence-electron chi connectivity index (χ2n) is 11.0. The fourth-order valence-electron chi connectivity index (χ4n) is 4.39. The standard InChI is InChI=1S/C18H42O6S4Si2.C12H30O4S4Si2/c1-7-19-29(20-8-2,21-9-3)17-13-15-25-27-28-26-16-14-18-30(22-10-4,23-11-5)24-12-6;1-13-21(5,14-2)11-7-9-17-19-20-18-10-8-12-22(6,15-3)16-4/h7-18H2,1-6H3;7-12H2,1-6H3. The first kappa shape index (κ1) is 57.4. The second kappa shape index (κ2) is 38.5. The van der Waals surface area contributed by atoms with Crippen molar-refractivity contribution >= 4 is 117 Å². The predicted octanol–water partition coefficient (Wildman–Crippen LogP) is 11.7. The third-order valence-corrected chi connectivity index (χ3v) is 32.8. The van der Waals surface area contributed by atoms with Crippen LogP contribution in [0.25, 0.3) is 0 Å². The van der Waals surface area contributed by atoms with Crippen molar-refractivity contribution in [2.45, 2.75) is 104 Å². The molecule has 0 atom stereocenters. The Morgan fingerprint density at radius 2 is 0.558 bits per heavy atom. The van der Waals surface area contributed by atoms with E-state index >= 15 is 0 Å². The molecule has 0 aromatic carbocycles. The van der Waals surface area contributed by atoms with Gasteiger partial charge in [-0.2, -0.15) is 0 Å². The normalized spacial score (nSPS) is 12.7. The third kappa shape index (κ3) is 30.3. The summed E-state index contributed by atoms with van der Waals surface area (Å²) in [4.78, 5) is 0. The molecule has 0 saturated heterocycles. The van der Waals surface area contributed by atoms with E-state index in [1.807, 2.05) is 124 Å². The van der Waals surface area contributed by atoms with Crippen molar-refractivity contribution in [3.63, 3.8) is 0 Å². The van der Waals surface area contributed by atoms with Gasteiger partial charge in [-0.1, -0.05) is 43.2 Å². The topological polar surface area (TPSA) is 92.3 Å². The molecule has 0 aliphatic heterocycles. The lowest BCUT2D eigenvalue weighted by Crippen LogP contribution is -2.46. The van der Waals surface area contributed by atoms with Crippen LogP contribution < -0.4 is 0 Å². The molecule has 0 spiro atoms. The van der Waals surface area contributed by atoms with Crippen molar-refractivity contribution in [3.8, 4) is 0 Å². The van der Waals surface area contributed by atoms with Crippen molar-refractivity contribution in [1.29, 1.82) is 0 Å². The highest BCUT2D eigenvalue weighted by Crippen LogP contribution is 2.45. The second-order valence-corrected chi connectivity index (χ2v) is 36.1. The Balaban J connectivity index is 0. The molecule has 0 unspecified atom stereocenters. The van der Waals surface area contributed by atoms with E-state index in [1.165, 1.54) is 0 Å². The van der Waals surface area contributed by atoms with Crippen molar-refractivity contribution in [1.82, 2.24) is 0 Å². The van der Waals surface area contributed by atoms with E-state index in [9.17, 15) is 0 Å². The van der Waals surface area contributed by atoms with E-state index in [0.717, 1.165) is 72.9 Å². The lowest BCUT2D eigenvalue weighted by Gasteiger charge is -2.28. The van der Waals surface area contributed by atoms with Gasteiger partial charge in [0.25, 0.3) is 0 Å². The molecule has 0 radical (unpaired) electrons. The quantitative estimate of drug-likeness (QED) is 0.0334. The van der Waals surface area contributed by atoms with E-state index in [1.54, 1.807) is 28.4 Å². The van der Waals surface area contributed by atoms with Gasteiger partial charge in [0.2, 0.25) is 0 Å². The van der Waals surface area contributed by atoms with E-state index in [-0.39, 0.29) is 0 Å². The number of rotatable bonds is 38. The first-order valence-electron chi connectivity index (χ1n) is 18.2.